The number of benzene rings is 1. The molecule has 0 aliphatic rings. The van der Waals surface area contributed by atoms with Crippen molar-refractivity contribution >= 4 is 23.2 Å². The molecule has 0 atom stereocenters. The van der Waals surface area contributed by atoms with E-state index in [2.05, 4.69) is 10.3 Å². The molecular formula is C17H20N2O3S. The molecule has 1 amide bonds. The molecule has 0 bridgehead atoms. The number of hydrogen-bond acceptors (Lipinski definition) is 4. The van der Waals surface area contributed by atoms with Gasteiger partial charge in [-0.15, -0.1) is 11.3 Å². The minimum atomic E-state index is -0.942. The largest absolute Gasteiger partial charge is 0.478 e. The summed E-state index contributed by atoms with van der Waals surface area (Å²) in [7, 11) is 0. The van der Waals surface area contributed by atoms with Crippen molar-refractivity contribution in [1.29, 1.82) is 0 Å². The fourth-order valence-electron chi connectivity index (χ4n) is 2.28. The van der Waals surface area contributed by atoms with Gasteiger partial charge in [-0.05, 0) is 38.0 Å². The van der Waals surface area contributed by atoms with E-state index in [4.69, 9.17) is 5.11 Å². The van der Waals surface area contributed by atoms with Crippen molar-refractivity contribution in [2.75, 3.05) is 6.54 Å². The Hall–Kier alpha value is -2.21. The number of carboxylic acids is 1. The zero-order chi connectivity index (χ0) is 16.8. The first-order chi connectivity index (χ1) is 11.0. The second kappa shape index (κ2) is 7.87. The number of aromatic carboxylic acids is 1. The van der Waals surface area contributed by atoms with E-state index in [1.165, 1.54) is 4.88 Å². The highest BCUT2D eigenvalue weighted by Crippen LogP contribution is 2.17. The Labute approximate surface area is 139 Å². The molecule has 1 aromatic carbocycles. The highest BCUT2D eigenvalue weighted by molar-refractivity contribution is 7.11. The minimum absolute atomic E-state index is 0.00574. The Bertz CT molecular complexity index is 692. The van der Waals surface area contributed by atoms with Gasteiger partial charge in [-0.1, -0.05) is 12.1 Å². The van der Waals surface area contributed by atoms with Crippen LogP contribution < -0.4 is 5.32 Å². The number of thiazole rings is 1. The van der Waals surface area contributed by atoms with Crippen LogP contribution in [0, 0.1) is 13.8 Å². The molecule has 0 spiro atoms. The molecule has 0 saturated carbocycles. The summed E-state index contributed by atoms with van der Waals surface area (Å²) in [5.74, 6) is -0.936. The Morgan fingerprint density at radius 2 is 1.87 bits per heavy atom. The van der Waals surface area contributed by atoms with Crippen LogP contribution in [0.15, 0.2) is 24.3 Å². The molecule has 2 rings (SSSR count). The predicted molar refractivity (Wildman–Crippen MR) is 90.0 cm³/mol. The van der Waals surface area contributed by atoms with Gasteiger partial charge in [0.05, 0.1) is 16.3 Å². The monoisotopic (exact) mass is 332 g/mol. The van der Waals surface area contributed by atoms with Gasteiger partial charge in [0.1, 0.15) is 0 Å². The molecule has 2 N–H and O–H groups in total. The Kier molecular flexibility index (Phi) is 5.87. The maximum atomic E-state index is 11.9. The molecule has 23 heavy (non-hydrogen) atoms. The van der Waals surface area contributed by atoms with Gasteiger partial charge in [-0.2, -0.15) is 0 Å². The van der Waals surface area contributed by atoms with Crippen LogP contribution in [0.25, 0.3) is 0 Å². The van der Waals surface area contributed by atoms with Crippen molar-refractivity contribution < 1.29 is 14.7 Å². The summed E-state index contributed by atoms with van der Waals surface area (Å²) >= 11 is 1.67. The normalized spacial score (nSPS) is 10.5. The molecule has 0 unspecified atom stereocenters. The van der Waals surface area contributed by atoms with Gasteiger partial charge in [0, 0.05) is 24.3 Å². The summed E-state index contributed by atoms with van der Waals surface area (Å²) < 4.78 is 0. The lowest BCUT2D eigenvalue weighted by atomic mass is 10.1. The molecule has 5 nitrogen and oxygen atoms in total. The predicted octanol–water partition coefficient (Wildman–Crippen LogP) is 2.75. The third kappa shape index (κ3) is 5.17. The lowest BCUT2D eigenvalue weighted by molar-refractivity contribution is -0.121. The van der Waals surface area contributed by atoms with Crippen LogP contribution in [-0.4, -0.2) is 28.5 Å². The lowest BCUT2D eigenvalue weighted by Crippen LogP contribution is -2.25. The average Bonchev–Trinajstić information content (AvgIpc) is 2.83. The number of rotatable bonds is 7. The zero-order valence-corrected chi connectivity index (χ0v) is 14.1. The van der Waals surface area contributed by atoms with E-state index in [1.807, 2.05) is 13.8 Å². The number of amides is 1. The van der Waals surface area contributed by atoms with Gasteiger partial charge in [-0.3, -0.25) is 4.79 Å². The third-order valence-corrected chi connectivity index (χ3v) is 4.65. The summed E-state index contributed by atoms with van der Waals surface area (Å²) in [5.41, 5.74) is 2.26. The van der Waals surface area contributed by atoms with E-state index in [1.54, 1.807) is 35.6 Å². The summed E-state index contributed by atoms with van der Waals surface area (Å²) in [6, 6.07) is 6.62. The Balaban J connectivity index is 1.72. The van der Waals surface area contributed by atoms with Crippen LogP contribution in [-0.2, 0) is 17.6 Å². The number of aryl methyl sites for hydroxylation is 3. The maximum Gasteiger partial charge on any atom is 0.335 e. The van der Waals surface area contributed by atoms with Gasteiger partial charge in [0.2, 0.25) is 5.91 Å². The second-order valence-corrected chi connectivity index (χ2v) is 6.63. The number of aromatic nitrogens is 1. The van der Waals surface area contributed by atoms with E-state index in [0.717, 1.165) is 22.7 Å². The molecule has 0 aliphatic heterocycles. The summed E-state index contributed by atoms with van der Waals surface area (Å²) in [6.45, 7) is 4.58. The molecule has 122 valence electrons. The van der Waals surface area contributed by atoms with Crippen LogP contribution in [0.5, 0.6) is 0 Å². The van der Waals surface area contributed by atoms with Crippen LogP contribution in [0.3, 0.4) is 0 Å². The number of hydrogen-bond donors (Lipinski definition) is 2. The van der Waals surface area contributed by atoms with Gasteiger partial charge >= 0.3 is 5.97 Å². The first-order valence-electron chi connectivity index (χ1n) is 7.47. The van der Waals surface area contributed by atoms with Crippen LogP contribution in [0.2, 0.25) is 0 Å². The summed E-state index contributed by atoms with van der Waals surface area (Å²) in [4.78, 5) is 28.2. The number of carbonyl (C=O) groups excluding carboxylic acids is 1. The number of nitrogens with zero attached hydrogens (tertiary/aromatic N) is 1. The van der Waals surface area contributed by atoms with Crippen molar-refractivity contribution in [3.63, 3.8) is 0 Å². The van der Waals surface area contributed by atoms with Crippen molar-refractivity contribution in [1.82, 2.24) is 10.3 Å². The van der Waals surface area contributed by atoms with Gasteiger partial charge < -0.3 is 10.4 Å². The SMILES string of the molecule is Cc1nc(C)c(CCNC(=O)CCc2ccc(C(=O)O)cc2)s1. The van der Waals surface area contributed by atoms with E-state index in [0.29, 0.717) is 19.4 Å². The van der Waals surface area contributed by atoms with E-state index >= 15 is 0 Å². The number of carboxylic acid groups (broad SMARTS) is 1. The molecule has 0 aliphatic carbocycles. The number of nitrogens with one attached hydrogen (secondary N) is 1. The maximum absolute atomic E-state index is 11.9. The molecule has 0 saturated heterocycles. The molecule has 0 radical (unpaired) electrons. The number of carbonyl (C=O) groups is 2. The van der Waals surface area contributed by atoms with E-state index in [-0.39, 0.29) is 11.5 Å². The van der Waals surface area contributed by atoms with E-state index < -0.39 is 5.97 Å². The van der Waals surface area contributed by atoms with Gasteiger partial charge in [0.25, 0.3) is 0 Å². The molecule has 2 aromatic rings. The highest BCUT2D eigenvalue weighted by Gasteiger charge is 2.07. The first-order valence-corrected chi connectivity index (χ1v) is 8.29. The lowest BCUT2D eigenvalue weighted by Gasteiger charge is -2.05. The van der Waals surface area contributed by atoms with Crippen LogP contribution in [0.4, 0.5) is 0 Å². The molecular weight excluding hydrogens is 312 g/mol. The van der Waals surface area contributed by atoms with Crippen molar-refractivity contribution in [2.45, 2.75) is 33.1 Å². The fourth-order valence-corrected chi connectivity index (χ4v) is 3.22. The van der Waals surface area contributed by atoms with Crippen LogP contribution >= 0.6 is 11.3 Å². The molecule has 1 aromatic heterocycles. The van der Waals surface area contributed by atoms with Crippen LogP contribution in [0.1, 0.15) is 37.9 Å². The Morgan fingerprint density at radius 1 is 1.17 bits per heavy atom. The zero-order valence-electron chi connectivity index (χ0n) is 13.3. The quantitative estimate of drug-likeness (QED) is 0.817. The third-order valence-electron chi connectivity index (χ3n) is 3.52. The highest BCUT2D eigenvalue weighted by atomic mass is 32.1. The smallest absolute Gasteiger partial charge is 0.335 e. The molecule has 6 heteroatoms. The molecule has 0 fully saturated rings. The van der Waals surface area contributed by atoms with Crippen molar-refractivity contribution in [3.05, 3.63) is 51.0 Å². The fraction of sp³-hybridized carbons (Fsp3) is 0.353. The van der Waals surface area contributed by atoms with E-state index in [9.17, 15) is 9.59 Å². The minimum Gasteiger partial charge on any atom is -0.478 e. The summed E-state index contributed by atoms with van der Waals surface area (Å²) in [5, 5.41) is 12.8. The molecule has 1 heterocycles. The standard InChI is InChI=1S/C17H20N2O3S/c1-11-15(23-12(2)19-11)9-10-18-16(20)8-5-13-3-6-14(7-4-13)17(21)22/h3-4,6-7H,5,8-10H2,1-2H3,(H,18,20)(H,21,22). The van der Waals surface area contributed by atoms with Gasteiger partial charge in [-0.25, -0.2) is 9.78 Å². The first kappa shape index (κ1) is 17.1. The Morgan fingerprint density at radius 3 is 2.43 bits per heavy atom. The summed E-state index contributed by atoms with van der Waals surface area (Å²) in [6.07, 6.45) is 1.80. The van der Waals surface area contributed by atoms with Crippen molar-refractivity contribution in [3.8, 4) is 0 Å². The topological polar surface area (TPSA) is 79.3 Å². The van der Waals surface area contributed by atoms with Crippen molar-refractivity contribution in [2.24, 2.45) is 0 Å². The average molecular weight is 332 g/mol. The van der Waals surface area contributed by atoms with Gasteiger partial charge in [0.15, 0.2) is 0 Å². The second-order valence-electron chi connectivity index (χ2n) is 5.34.